The maximum atomic E-state index is 12.3. The van der Waals surface area contributed by atoms with Gasteiger partial charge in [-0.1, -0.05) is 23.4 Å². The van der Waals surface area contributed by atoms with Gasteiger partial charge in [-0.2, -0.15) is 5.26 Å². The zero-order valence-corrected chi connectivity index (χ0v) is 10.4. The third-order valence-corrected chi connectivity index (χ3v) is 2.95. The van der Waals surface area contributed by atoms with Crippen molar-refractivity contribution in [3.8, 4) is 6.07 Å². The molecule has 96 valence electrons. The Balaban J connectivity index is 2.10. The van der Waals surface area contributed by atoms with Crippen molar-refractivity contribution in [2.45, 2.75) is 6.54 Å². The highest BCUT2D eigenvalue weighted by atomic mass is 16.1. The highest BCUT2D eigenvalue weighted by Crippen LogP contribution is 2.07. The molecule has 0 aliphatic carbocycles. The maximum absolute atomic E-state index is 12.3. The van der Waals surface area contributed by atoms with E-state index in [1.807, 2.05) is 6.07 Å². The van der Waals surface area contributed by atoms with Gasteiger partial charge >= 0.3 is 0 Å². The molecule has 0 aliphatic heterocycles. The van der Waals surface area contributed by atoms with E-state index in [1.165, 1.54) is 10.9 Å². The topological polar surface area (TPSA) is 84.5 Å². The van der Waals surface area contributed by atoms with Gasteiger partial charge in [-0.3, -0.25) is 4.79 Å². The fraction of sp³-hybridized carbons (Fsp3) is 0.0714. The maximum Gasteiger partial charge on any atom is 0.277 e. The number of hydrogen-bond acceptors (Lipinski definition) is 5. The van der Waals surface area contributed by atoms with E-state index in [-0.39, 0.29) is 17.8 Å². The molecule has 0 saturated carbocycles. The van der Waals surface area contributed by atoms with E-state index in [2.05, 4.69) is 15.3 Å². The van der Waals surface area contributed by atoms with Crippen LogP contribution in [0, 0.1) is 11.3 Å². The van der Waals surface area contributed by atoms with Crippen LogP contribution in [0.25, 0.3) is 10.9 Å². The molecule has 3 rings (SSSR count). The molecule has 20 heavy (non-hydrogen) atoms. The van der Waals surface area contributed by atoms with Crippen LogP contribution in [-0.2, 0) is 6.54 Å². The molecule has 0 unspecified atom stereocenters. The molecule has 6 nitrogen and oxygen atoms in total. The second-order valence-electron chi connectivity index (χ2n) is 4.19. The van der Waals surface area contributed by atoms with Gasteiger partial charge in [-0.25, -0.2) is 9.67 Å². The molecule has 0 atom stereocenters. The molecule has 6 heteroatoms. The summed E-state index contributed by atoms with van der Waals surface area (Å²) >= 11 is 0. The van der Waals surface area contributed by atoms with E-state index in [0.717, 1.165) is 0 Å². The van der Waals surface area contributed by atoms with Gasteiger partial charge < -0.3 is 0 Å². The number of nitrogens with zero attached hydrogens (tertiary/aromatic N) is 5. The third kappa shape index (κ3) is 2.01. The third-order valence-electron chi connectivity index (χ3n) is 2.95. The van der Waals surface area contributed by atoms with Crippen LogP contribution >= 0.6 is 0 Å². The van der Waals surface area contributed by atoms with Crippen LogP contribution in [0.1, 0.15) is 11.3 Å². The molecule has 2 aromatic heterocycles. The van der Waals surface area contributed by atoms with Gasteiger partial charge in [0.1, 0.15) is 17.3 Å². The summed E-state index contributed by atoms with van der Waals surface area (Å²) in [5.74, 6) is 0. The van der Waals surface area contributed by atoms with Crippen molar-refractivity contribution >= 4 is 10.9 Å². The lowest BCUT2D eigenvalue weighted by Gasteiger charge is -2.05. The Morgan fingerprint density at radius 2 is 2.05 bits per heavy atom. The number of rotatable bonds is 2. The number of pyridine rings is 1. The summed E-state index contributed by atoms with van der Waals surface area (Å²) in [5, 5.41) is 17.4. The van der Waals surface area contributed by atoms with E-state index >= 15 is 0 Å². The summed E-state index contributed by atoms with van der Waals surface area (Å²) in [4.78, 5) is 16.3. The van der Waals surface area contributed by atoms with Crippen LogP contribution in [0.15, 0.2) is 47.4 Å². The molecule has 0 aliphatic rings. The number of benzene rings is 1. The van der Waals surface area contributed by atoms with Crippen LogP contribution in [0.3, 0.4) is 0 Å². The first-order valence-electron chi connectivity index (χ1n) is 5.96. The molecular weight excluding hydrogens is 254 g/mol. The summed E-state index contributed by atoms with van der Waals surface area (Å²) in [7, 11) is 0. The first-order valence-corrected chi connectivity index (χ1v) is 5.96. The first-order chi connectivity index (χ1) is 9.79. The number of nitriles is 1. The minimum Gasteiger partial charge on any atom is -0.267 e. The predicted octanol–water partition coefficient (Wildman–Crippen LogP) is 1.11. The summed E-state index contributed by atoms with van der Waals surface area (Å²) in [5.41, 5.74) is 1.25. The zero-order valence-electron chi connectivity index (χ0n) is 10.4. The Morgan fingerprint density at radius 3 is 2.90 bits per heavy atom. The predicted molar refractivity (Wildman–Crippen MR) is 71.9 cm³/mol. The summed E-state index contributed by atoms with van der Waals surface area (Å²) in [6, 6.07) is 12.5. The molecule has 1 aromatic carbocycles. The van der Waals surface area contributed by atoms with Crippen LogP contribution in [0.4, 0.5) is 0 Å². The van der Waals surface area contributed by atoms with Gasteiger partial charge in [0, 0.05) is 11.8 Å². The van der Waals surface area contributed by atoms with Crippen molar-refractivity contribution in [3.05, 3.63) is 64.2 Å². The minimum atomic E-state index is -0.233. The molecule has 0 radical (unpaired) electrons. The van der Waals surface area contributed by atoms with Gasteiger partial charge in [-0.05, 0) is 18.2 Å². The SMILES string of the molecule is N#Cc1ncccc1Cn1nnc2ccccc2c1=O. The monoisotopic (exact) mass is 263 g/mol. The zero-order chi connectivity index (χ0) is 13.9. The molecule has 0 saturated heterocycles. The Labute approximate surface area is 113 Å². The minimum absolute atomic E-state index is 0.174. The summed E-state index contributed by atoms with van der Waals surface area (Å²) < 4.78 is 1.24. The molecule has 0 N–H and O–H groups in total. The summed E-state index contributed by atoms with van der Waals surface area (Å²) in [6.07, 6.45) is 1.54. The van der Waals surface area contributed by atoms with Crippen LogP contribution < -0.4 is 5.56 Å². The summed E-state index contributed by atoms with van der Waals surface area (Å²) in [6.45, 7) is 0.174. The van der Waals surface area contributed by atoms with Gasteiger partial charge in [0.15, 0.2) is 0 Å². The largest absolute Gasteiger partial charge is 0.277 e. The van der Waals surface area contributed by atoms with Crippen molar-refractivity contribution in [1.29, 1.82) is 5.26 Å². The second kappa shape index (κ2) is 4.90. The van der Waals surface area contributed by atoms with E-state index in [1.54, 1.807) is 36.4 Å². The molecule has 0 bridgehead atoms. The normalized spacial score (nSPS) is 10.3. The molecule has 0 fully saturated rings. The molecule has 0 amide bonds. The van der Waals surface area contributed by atoms with Crippen molar-refractivity contribution in [2.75, 3.05) is 0 Å². The fourth-order valence-corrected chi connectivity index (χ4v) is 1.96. The Morgan fingerprint density at radius 1 is 1.20 bits per heavy atom. The van der Waals surface area contributed by atoms with Gasteiger partial charge in [0.2, 0.25) is 0 Å². The lowest BCUT2D eigenvalue weighted by Crippen LogP contribution is -2.25. The average molecular weight is 263 g/mol. The van der Waals surface area contributed by atoms with E-state index in [0.29, 0.717) is 16.5 Å². The molecule has 3 aromatic rings. The van der Waals surface area contributed by atoms with Crippen molar-refractivity contribution in [1.82, 2.24) is 20.0 Å². The second-order valence-corrected chi connectivity index (χ2v) is 4.19. The van der Waals surface area contributed by atoms with E-state index in [9.17, 15) is 4.79 Å². The van der Waals surface area contributed by atoms with Gasteiger partial charge in [0.25, 0.3) is 5.56 Å². The standard InChI is InChI=1S/C14H9N5O/c15-8-13-10(4-3-7-16-13)9-19-14(20)11-5-1-2-6-12(11)17-18-19/h1-7H,9H2. The van der Waals surface area contributed by atoms with Crippen molar-refractivity contribution in [2.24, 2.45) is 0 Å². The molecule has 2 heterocycles. The Hall–Kier alpha value is -3.07. The Kier molecular flexibility index (Phi) is 2.94. The quantitative estimate of drug-likeness (QED) is 0.691. The van der Waals surface area contributed by atoms with Gasteiger partial charge in [-0.15, -0.1) is 5.10 Å². The number of hydrogen-bond donors (Lipinski definition) is 0. The van der Waals surface area contributed by atoms with Gasteiger partial charge in [0.05, 0.1) is 11.9 Å². The Bertz CT molecular complexity index is 878. The lowest BCUT2D eigenvalue weighted by molar-refractivity contribution is 0.599. The smallest absolute Gasteiger partial charge is 0.267 e. The molecule has 0 spiro atoms. The molecular formula is C14H9N5O. The van der Waals surface area contributed by atoms with Crippen molar-refractivity contribution in [3.63, 3.8) is 0 Å². The van der Waals surface area contributed by atoms with E-state index < -0.39 is 0 Å². The number of fused-ring (bicyclic) bond motifs is 1. The van der Waals surface area contributed by atoms with E-state index in [4.69, 9.17) is 5.26 Å². The lowest BCUT2D eigenvalue weighted by atomic mass is 10.2. The van der Waals surface area contributed by atoms with Crippen molar-refractivity contribution < 1.29 is 0 Å². The number of aromatic nitrogens is 4. The van der Waals surface area contributed by atoms with Crippen LogP contribution in [-0.4, -0.2) is 20.0 Å². The van der Waals surface area contributed by atoms with Crippen LogP contribution in [0.5, 0.6) is 0 Å². The highest BCUT2D eigenvalue weighted by Gasteiger charge is 2.08. The fourth-order valence-electron chi connectivity index (χ4n) is 1.96. The van der Waals surface area contributed by atoms with Crippen LogP contribution in [0.2, 0.25) is 0 Å². The highest BCUT2D eigenvalue weighted by molar-refractivity contribution is 5.76. The first kappa shape index (κ1) is 12.0. The average Bonchev–Trinajstić information content (AvgIpc) is 2.51.